The summed E-state index contributed by atoms with van der Waals surface area (Å²) in [6.45, 7) is 0. The molecular weight excluding hydrogens is 247 g/mol. The molecule has 0 radical (unpaired) electrons. The van der Waals surface area contributed by atoms with Crippen LogP contribution in [0.5, 0.6) is 0 Å². The Morgan fingerprint density at radius 1 is 1.37 bits per heavy atom. The van der Waals surface area contributed by atoms with Crippen molar-refractivity contribution in [3.8, 4) is 5.69 Å². The summed E-state index contributed by atoms with van der Waals surface area (Å²) in [7, 11) is 0. The largest absolute Gasteiger partial charge is 0.476 e. The van der Waals surface area contributed by atoms with Gasteiger partial charge in [-0.15, -0.1) is 0 Å². The highest BCUT2D eigenvalue weighted by Gasteiger charge is 2.50. The molecule has 2 atom stereocenters. The minimum absolute atomic E-state index is 0.145. The first-order chi connectivity index (χ1) is 9.15. The van der Waals surface area contributed by atoms with Gasteiger partial charge in [-0.05, 0) is 43.0 Å². The van der Waals surface area contributed by atoms with E-state index in [-0.39, 0.29) is 11.5 Å². The fourth-order valence-electron chi connectivity index (χ4n) is 3.07. The molecule has 1 aromatic heterocycles. The third-order valence-corrected chi connectivity index (χ3v) is 4.04. The average Bonchev–Trinajstić information content (AvgIpc) is 2.89. The molecule has 1 fully saturated rings. The minimum Gasteiger partial charge on any atom is -0.476 e. The molecule has 4 rings (SSSR count). The Morgan fingerprint density at radius 2 is 2.11 bits per heavy atom. The second-order valence-electron chi connectivity index (χ2n) is 5.21. The number of aromatic nitrogens is 2. The van der Waals surface area contributed by atoms with Gasteiger partial charge >= 0.3 is 5.97 Å². The Bertz CT molecular complexity index is 690. The van der Waals surface area contributed by atoms with Crippen LogP contribution in [0, 0.1) is 11.7 Å². The maximum absolute atomic E-state index is 13.0. The molecule has 1 saturated carbocycles. The number of aromatic carboxylic acids is 1. The van der Waals surface area contributed by atoms with E-state index in [1.54, 1.807) is 16.8 Å². The highest BCUT2D eigenvalue weighted by Crippen LogP contribution is 2.57. The van der Waals surface area contributed by atoms with E-state index in [1.807, 2.05) is 0 Å². The monoisotopic (exact) mass is 258 g/mol. The van der Waals surface area contributed by atoms with E-state index in [0.29, 0.717) is 11.8 Å². The lowest BCUT2D eigenvalue weighted by molar-refractivity contribution is 0.0688. The number of carboxylic acids is 1. The summed E-state index contributed by atoms with van der Waals surface area (Å²) in [5.41, 5.74) is 2.73. The molecule has 0 saturated heterocycles. The zero-order valence-corrected chi connectivity index (χ0v) is 10.0. The summed E-state index contributed by atoms with van der Waals surface area (Å²) < 4.78 is 14.6. The van der Waals surface area contributed by atoms with E-state index >= 15 is 0 Å². The van der Waals surface area contributed by atoms with Crippen molar-refractivity contribution < 1.29 is 14.3 Å². The first-order valence-electron chi connectivity index (χ1n) is 6.26. The molecule has 1 N–H and O–H groups in total. The second-order valence-corrected chi connectivity index (χ2v) is 5.21. The molecule has 0 spiro atoms. The topological polar surface area (TPSA) is 55.1 Å². The van der Waals surface area contributed by atoms with Gasteiger partial charge in [-0.1, -0.05) is 0 Å². The van der Waals surface area contributed by atoms with Crippen molar-refractivity contribution in [1.29, 1.82) is 0 Å². The predicted octanol–water partition coefficient (Wildman–Crippen LogP) is 2.37. The Labute approximate surface area is 108 Å². The van der Waals surface area contributed by atoms with Gasteiger partial charge < -0.3 is 5.11 Å². The Hall–Kier alpha value is -2.17. The van der Waals surface area contributed by atoms with Crippen molar-refractivity contribution in [1.82, 2.24) is 9.78 Å². The zero-order chi connectivity index (χ0) is 13.1. The van der Waals surface area contributed by atoms with Crippen LogP contribution < -0.4 is 0 Å². The quantitative estimate of drug-likeness (QED) is 0.899. The van der Waals surface area contributed by atoms with E-state index < -0.39 is 5.97 Å². The third kappa shape index (κ3) is 1.44. The van der Waals surface area contributed by atoms with E-state index in [0.717, 1.165) is 29.8 Å². The molecule has 0 bridgehead atoms. The molecule has 1 aromatic carbocycles. The molecule has 19 heavy (non-hydrogen) atoms. The fourth-order valence-corrected chi connectivity index (χ4v) is 3.07. The van der Waals surface area contributed by atoms with Crippen LogP contribution in [0.1, 0.15) is 34.1 Å². The van der Waals surface area contributed by atoms with Crippen molar-refractivity contribution in [3.63, 3.8) is 0 Å². The molecule has 0 amide bonds. The number of halogens is 1. The molecule has 4 nitrogen and oxygen atoms in total. The number of fused-ring (bicyclic) bond motifs is 3. The van der Waals surface area contributed by atoms with Crippen molar-refractivity contribution in [2.75, 3.05) is 0 Å². The predicted molar refractivity (Wildman–Crippen MR) is 65.0 cm³/mol. The van der Waals surface area contributed by atoms with Gasteiger partial charge in [0.2, 0.25) is 0 Å². The molecule has 5 heteroatoms. The number of nitrogens with zero attached hydrogens (tertiary/aromatic N) is 2. The molecule has 2 aliphatic rings. The van der Waals surface area contributed by atoms with E-state index in [9.17, 15) is 14.3 Å². The Morgan fingerprint density at radius 3 is 2.79 bits per heavy atom. The van der Waals surface area contributed by atoms with Gasteiger partial charge in [-0.3, -0.25) is 0 Å². The summed E-state index contributed by atoms with van der Waals surface area (Å²) in [6.07, 6.45) is 1.92. The summed E-state index contributed by atoms with van der Waals surface area (Å²) in [6, 6.07) is 5.99. The van der Waals surface area contributed by atoms with Gasteiger partial charge in [0.15, 0.2) is 5.69 Å². The van der Waals surface area contributed by atoms with Gasteiger partial charge in [0.05, 0.1) is 11.4 Å². The van der Waals surface area contributed by atoms with Crippen molar-refractivity contribution in [3.05, 3.63) is 47.0 Å². The van der Waals surface area contributed by atoms with Gasteiger partial charge in [0, 0.05) is 11.5 Å². The molecule has 0 unspecified atom stereocenters. The van der Waals surface area contributed by atoms with Crippen LogP contribution in [0.3, 0.4) is 0 Å². The van der Waals surface area contributed by atoms with Gasteiger partial charge in [0.25, 0.3) is 0 Å². The van der Waals surface area contributed by atoms with Crippen LogP contribution in [0.2, 0.25) is 0 Å². The van der Waals surface area contributed by atoms with Crippen LogP contribution in [-0.2, 0) is 6.42 Å². The van der Waals surface area contributed by atoms with Crippen LogP contribution in [-0.4, -0.2) is 20.9 Å². The smallest absolute Gasteiger partial charge is 0.356 e. The lowest BCUT2D eigenvalue weighted by Gasteiger charge is -2.05. The lowest BCUT2D eigenvalue weighted by Crippen LogP contribution is -2.04. The highest BCUT2D eigenvalue weighted by atomic mass is 19.1. The van der Waals surface area contributed by atoms with Crippen molar-refractivity contribution in [2.45, 2.75) is 18.8 Å². The number of benzene rings is 1. The fraction of sp³-hybridized carbons (Fsp3) is 0.286. The molecule has 2 aromatic rings. The number of rotatable bonds is 2. The number of carbonyl (C=O) groups is 1. The second kappa shape index (κ2) is 3.44. The van der Waals surface area contributed by atoms with Crippen LogP contribution in [0.4, 0.5) is 4.39 Å². The summed E-state index contributed by atoms with van der Waals surface area (Å²) in [5, 5.41) is 13.4. The SMILES string of the molecule is O=C(O)c1nn(-c2ccc(F)cc2)c2c1C[C@H]1C[C@@H]21. The van der Waals surface area contributed by atoms with Crippen LogP contribution in [0.15, 0.2) is 24.3 Å². The highest BCUT2D eigenvalue weighted by molar-refractivity contribution is 5.88. The van der Waals surface area contributed by atoms with E-state index in [4.69, 9.17) is 0 Å². The first kappa shape index (κ1) is 10.7. The average molecular weight is 258 g/mol. The summed E-state index contributed by atoms with van der Waals surface area (Å²) in [5.74, 6) is -0.285. The molecule has 2 aliphatic carbocycles. The standard InChI is InChI=1S/C14H11FN2O2/c15-8-1-3-9(4-2-8)17-13-10-5-7(10)6-11(13)12(16-17)14(18)19/h1-4,7,10H,5-6H2,(H,18,19)/t7-,10-/m1/s1. The molecule has 0 aliphatic heterocycles. The minimum atomic E-state index is -0.988. The van der Waals surface area contributed by atoms with Crippen molar-refractivity contribution >= 4 is 5.97 Å². The maximum Gasteiger partial charge on any atom is 0.356 e. The van der Waals surface area contributed by atoms with Crippen LogP contribution >= 0.6 is 0 Å². The molecular formula is C14H11FN2O2. The van der Waals surface area contributed by atoms with E-state index in [1.165, 1.54) is 12.1 Å². The number of hydrogen-bond acceptors (Lipinski definition) is 2. The normalized spacial score (nSPS) is 23.0. The molecule has 96 valence electrons. The van der Waals surface area contributed by atoms with Crippen LogP contribution in [0.25, 0.3) is 5.69 Å². The Balaban J connectivity index is 1.91. The number of carboxylic acid groups (broad SMARTS) is 1. The first-order valence-corrected chi connectivity index (χ1v) is 6.26. The van der Waals surface area contributed by atoms with Gasteiger partial charge in [-0.2, -0.15) is 5.10 Å². The summed E-state index contributed by atoms with van der Waals surface area (Å²) in [4.78, 5) is 11.2. The third-order valence-electron chi connectivity index (χ3n) is 4.04. The Kier molecular flexibility index (Phi) is 1.94. The van der Waals surface area contributed by atoms with Gasteiger partial charge in [0.1, 0.15) is 5.82 Å². The van der Waals surface area contributed by atoms with Crippen molar-refractivity contribution in [2.24, 2.45) is 5.92 Å². The molecule has 1 heterocycles. The number of hydrogen-bond donors (Lipinski definition) is 1. The maximum atomic E-state index is 13.0. The summed E-state index contributed by atoms with van der Waals surface area (Å²) >= 11 is 0. The zero-order valence-electron chi connectivity index (χ0n) is 10.0. The lowest BCUT2D eigenvalue weighted by atomic mass is 10.1. The van der Waals surface area contributed by atoms with Gasteiger partial charge in [-0.25, -0.2) is 13.9 Å². The van der Waals surface area contributed by atoms with E-state index in [2.05, 4.69) is 5.10 Å².